The van der Waals surface area contributed by atoms with E-state index in [2.05, 4.69) is 20.8 Å². The van der Waals surface area contributed by atoms with Crippen LogP contribution in [0.15, 0.2) is 0 Å². The van der Waals surface area contributed by atoms with Gasteiger partial charge in [-0.05, 0) is 5.41 Å². The van der Waals surface area contributed by atoms with Crippen LogP contribution in [0.2, 0.25) is 0 Å². The van der Waals surface area contributed by atoms with E-state index in [0.29, 0.717) is 12.5 Å². The third-order valence-electron chi connectivity index (χ3n) is 3.56. The van der Waals surface area contributed by atoms with Crippen molar-refractivity contribution in [2.75, 3.05) is 13.2 Å². The van der Waals surface area contributed by atoms with Crippen molar-refractivity contribution in [1.29, 1.82) is 0 Å². The molecule has 0 amide bonds. The topological polar surface area (TPSA) is 29.5 Å². The Morgan fingerprint density at radius 3 is 2.25 bits per heavy atom. The third kappa shape index (κ3) is 1.64. The van der Waals surface area contributed by atoms with Gasteiger partial charge in [-0.3, -0.25) is 0 Å². The Balaban J connectivity index is 2.64. The quantitative estimate of drug-likeness (QED) is 0.703. The molecule has 1 N–H and O–H groups in total. The van der Waals surface area contributed by atoms with Crippen molar-refractivity contribution < 1.29 is 9.84 Å². The van der Waals surface area contributed by atoms with Crippen LogP contribution >= 0.6 is 0 Å². The fraction of sp³-hybridized carbons (Fsp3) is 1.00. The van der Waals surface area contributed by atoms with Crippen molar-refractivity contribution >= 4 is 0 Å². The molecule has 0 saturated carbocycles. The molecule has 1 rings (SSSR count). The van der Waals surface area contributed by atoms with Gasteiger partial charge >= 0.3 is 0 Å². The first-order valence-corrected chi connectivity index (χ1v) is 4.90. The van der Waals surface area contributed by atoms with E-state index in [1.54, 1.807) is 0 Å². The van der Waals surface area contributed by atoms with Gasteiger partial charge in [0, 0.05) is 5.92 Å². The second-order valence-electron chi connectivity index (χ2n) is 4.07. The molecule has 0 aliphatic carbocycles. The van der Waals surface area contributed by atoms with Crippen LogP contribution in [0.3, 0.4) is 0 Å². The minimum Gasteiger partial charge on any atom is -0.390 e. The molecule has 0 unspecified atom stereocenters. The predicted molar refractivity (Wildman–Crippen MR) is 49.0 cm³/mol. The van der Waals surface area contributed by atoms with Gasteiger partial charge in [0.25, 0.3) is 0 Å². The van der Waals surface area contributed by atoms with Crippen LogP contribution < -0.4 is 0 Å². The molecule has 12 heavy (non-hydrogen) atoms. The number of rotatable bonds is 3. The van der Waals surface area contributed by atoms with Crippen LogP contribution in [-0.2, 0) is 4.74 Å². The maximum Gasteiger partial charge on any atom is 0.0828 e. The van der Waals surface area contributed by atoms with Crippen molar-refractivity contribution in [3.8, 4) is 0 Å². The predicted octanol–water partition coefficient (Wildman–Crippen LogP) is 1.82. The molecule has 2 heteroatoms. The molecule has 2 nitrogen and oxygen atoms in total. The van der Waals surface area contributed by atoms with Crippen molar-refractivity contribution in [2.24, 2.45) is 11.3 Å². The third-order valence-corrected chi connectivity index (χ3v) is 3.56. The summed E-state index contributed by atoms with van der Waals surface area (Å²) in [5, 5.41) is 9.66. The fourth-order valence-corrected chi connectivity index (χ4v) is 1.98. The summed E-state index contributed by atoms with van der Waals surface area (Å²) in [4.78, 5) is 0. The highest BCUT2D eigenvalue weighted by Crippen LogP contribution is 2.39. The molecule has 1 heterocycles. The van der Waals surface area contributed by atoms with Gasteiger partial charge in [0.05, 0.1) is 19.3 Å². The van der Waals surface area contributed by atoms with Crippen molar-refractivity contribution in [2.45, 2.75) is 39.7 Å². The van der Waals surface area contributed by atoms with Crippen LogP contribution in [0.1, 0.15) is 33.6 Å². The van der Waals surface area contributed by atoms with Crippen LogP contribution in [0.25, 0.3) is 0 Å². The second-order valence-corrected chi connectivity index (χ2v) is 4.07. The Labute approximate surface area is 74.9 Å². The summed E-state index contributed by atoms with van der Waals surface area (Å²) in [6, 6.07) is 0. The molecule has 0 spiro atoms. The van der Waals surface area contributed by atoms with E-state index in [-0.39, 0.29) is 11.5 Å². The Hall–Kier alpha value is -0.0800. The van der Waals surface area contributed by atoms with Gasteiger partial charge in [-0.2, -0.15) is 0 Å². The van der Waals surface area contributed by atoms with E-state index in [0.717, 1.165) is 19.4 Å². The van der Waals surface area contributed by atoms with Crippen LogP contribution in [-0.4, -0.2) is 24.4 Å². The van der Waals surface area contributed by atoms with Crippen LogP contribution in [0.5, 0.6) is 0 Å². The molecule has 1 aliphatic rings. The molecule has 1 fully saturated rings. The summed E-state index contributed by atoms with van der Waals surface area (Å²) in [6.45, 7) is 7.89. The number of ether oxygens (including phenoxy) is 1. The first-order valence-electron chi connectivity index (χ1n) is 4.90. The summed E-state index contributed by atoms with van der Waals surface area (Å²) >= 11 is 0. The molecule has 1 aliphatic heterocycles. The van der Waals surface area contributed by atoms with E-state index in [4.69, 9.17) is 4.74 Å². The van der Waals surface area contributed by atoms with E-state index < -0.39 is 0 Å². The van der Waals surface area contributed by atoms with Gasteiger partial charge < -0.3 is 9.84 Å². The summed E-state index contributed by atoms with van der Waals surface area (Å²) < 4.78 is 5.27. The summed E-state index contributed by atoms with van der Waals surface area (Å²) in [5.74, 6) is 0.340. The largest absolute Gasteiger partial charge is 0.390 e. The van der Waals surface area contributed by atoms with Gasteiger partial charge in [-0.25, -0.2) is 0 Å². The highest BCUT2D eigenvalue weighted by molar-refractivity contribution is 4.88. The smallest absolute Gasteiger partial charge is 0.0828 e. The summed E-state index contributed by atoms with van der Waals surface area (Å²) in [5.41, 5.74) is 0.260. The first-order chi connectivity index (χ1) is 5.64. The summed E-state index contributed by atoms with van der Waals surface area (Å²) in [6.07, 6.45) is 2.00. The van der Waals surface area contributed by atoms with Gasteiger partial charge in [-0.15, -0.1) is 0 Å². The molecule has 0 aromatic heterocycles. The molecule has 0 radical (unpaired) electrons. The lowest BCUT2D eigenvalue weighted by Gasteiger charge is -2.34. The molecule has 0 aromatic rings. The zero-order valence-corrected chi connectivity index (χ0v) is 8.34. The zero-order valence-electron chi connectivity index (χ0n) is 8.34. The summed E-state index contributed by atoms with van der Waals surface area (Å²) in [7, 11) is 0. The van der Waals surface area contributed by atoms with Crippen molar-refractivity contribution in [1.82, 2.24) is 0 Å². The highest BCUT2D eigenvalue weighted by Gasteiger charge is 2.39. The standard InChI is InChI=1S/C10H20O2/c1-4-10(3,5-2)8-6-12-7-9(8)11/h8-9,11H,4-7H2,1-3H3/t8-,9-/m1/s1. The number of hydrogen-bond donors (Lipinski definition) is 1. The minimum absolute atomic E-state index is 0.241. The van der Waals surface area contributed by atoms with Crippen molar-refractivity contribution in [3.63, 3.8) is 0 Å². The lowest BCUT2D eigenvalue weighted by molar-refractivity contribution is 0.0564. The minimum atomic E-state index is -0.241. The van der Waals surface area contributed by atoms with E-state index in [1.165, 1.54) is 0 Å². The molecule has 72 valence electrons. The molecule has 2 atom stereocenters. The molecule has 0 bridgehead atoms. The van der Waals surface area contributed by atoms with Gasteiger partial charge in [0.2, 0.25) is 0 Å². The number of hydrogen-bond acceptors (Lipinski definition) is 2. The Kier molecular flexibility index (Phi) is 3.13. The maximum atomic E-state index is 9.66. The highest BCUT2D eigenvalue weighted by atomic mass is 16.5. The maximum absolute atomic E-state index is 9.66. The van der Waals surface area contributed by atoms with Gasteiger partial charge in [0.1, 0.15) is 0 Å². The van der Waals surface area contributed by atoms with Crippen LogP contribution in [0.4, 0.5) is 0 Å². The van der Waals surface area contributed by atoms with Crippen LogP contribution in [0, 0.1) is 11.3 Å². The average Bonchev–Trinajstić information content (AvgIpc) is 2.51. The number of aliphatic hydroxyl groups excluding tert-OH is 1. The zero-order chi connectivity index (χ0) is 9.19. The Morgan fingerprint density at radius 1 is 1.33 bits per heavy atom. The van der Waals surface area contributed by atoms with E-state index in [9.17, 15) is 5.11 Å². The van der Waals surface area contributed by atoms with E-state index in [1.807, 2.05) is 0 Å². The van der Waals surface area contributed by atoms with E-state index >= 15 is 0 Å². The average molecular weight is 172 g/mol. The first kappa shape index (κ1) is 10.0. The molecular formula is C10H20O2. The SMILES string of the molecule is CCC(C)(CC)[C@@H]1COC[C@H]1O. The van der Waals surface area contributed by atoms with Gasteiger partial charge in [0.15, 0.2) is 0 Å². The Bertz CT molecular complexity index is 141. The van der Waals surface area contributed by atoms with Gasteiger partial charge in [-0.1, -0.05) is 33.6 Å². The Morgan fingerprint density at radius 2 is 1.92 bits per heavy atom. The molecule has 1 saturated heterocycles. The van der Waals surface area contributed by atoms with Crippen molar-refractivity contribution in [3.05, 3.63) is 0 Å². The molecular weight excluding hydrogens is 152 g/mol. The lowest BCUT2D eigenvalue weighted by atomic mass is 9.71. The normalized spacial score (nSPS) is 31.0. The lowest BCUT2D eigenvalue weighted by Crippen LogP contribution is -2.34. The number of aliphatic hydroxyl groups is 1. The monoisotopic (exact) mass is 172 g/mol. The second kappa shape index (κ2) is 3.75. The fourth-order valence-electron chi connectivity index (χ4n) is 1.98. The molecule has 0 aromatic carbocycles.